The van der Waals surface area contributed by atoms with Gasteiger partial charge in [-0.1, -0.05) is 30.3 Å². The Bertz CT molecular complexity index is 504. The summed E-state index contributed by atoms with van der Waals surface area (Å²) < 4.78 is 0. The van der Waals surface area contributed by atoms with E-state index in [1.807, 2.05) is 6.07 Å². The van der Waals surface area contributed by atoms with Gasteiger partial charge in [0.05, 0.1) is 0 Å². The Balaban J connectivity index is 2.60. The average Bonchev–Trinajstić information content (AvgIpc) is 2.46. The average molecular weight is 293 g/mol. The van der Waals surface area contributed by atoms with Crippen molar-refractivity contribution in [3.8, 4) is 0 Å². The van der Waals surface area contributed by atoms with E-state index in [0.717, 1.165) is 5.56 Å². The predicted molar refractivity (Wildman–Crippen MR) is 76.8 cm³/mol. The lowest BCUT2D eigenvalue weighted by atomic mass is 10.1. The van der Waals surface area contributed by atoms with Crippen LogP contribution in [0, 0.1) is 0 Å². The highest BCUT2D eigenvalue weighted by atomic mass is 16.4. The van der Waals surface area contributed by atoms with Crippen molar-refractivity contribution in [3.63, 3.8) is 0 Å². The van der Waals surface area contributed by atoms with E-state index in [4.69, 9.17) is 5.11 Å². The molecular weight excluding hydrogens is 274 g/mol. The fourth-order valence-corrected chi connectivity index (χ4v) is 1.73. The molecule has 1 aromatic rings. The largest absolute Gasteiger partial charge is 0.480 e. The highest BCUT2D eigenvalue weighted by Crippen LogP contribution is 2.03. The molecule has 2 atom stereocenters. The predicted octanol–water partition coefficient (Wildman–Crippen LogP) is 0.116. The Kier molecular flexibility index (Phi) is 6.19. The second kappa shape index (κ2) is 7.88. The van der Waals surface area contributed by atoms with E-state index in [1.54, 1.807) is 24.3 Å². The Hall–Kier alpha value is -2.57. The van der Waals surface area contributed by atoms with Gasteiger partial charge in [-0.3, -0.25) is 4.79 Å². The summed E-state index contributed by atoms with van der Waals surface area (Å²) >= 11 is 0. The summed E-state index contributed by atoms with van der Waals surface area (Å²) in [7, 11) is 1.45. The van der Waals surface area contributed by atoms with Gasteiger partial charge < -0.3 is 21.1 Å². The Morgan fingerprint density at radius 2 is 1.76 bits per heavy atom. The van der Waals surface area contributed by atoms with Gasteiger partial charge >= 0.3 is 12.0 Å². The molecule has 21 heavy (non-hydrogen) atoms. The number of rotatable bonds is 6. The van der Waals surface area contributed by atoms with Crippen molar-refractivity contribution in [2.75, 3.05) is 7.05 Å². The zero-order chi connectivity index (χ0) is 15.8. The van der Waals surface area contributed by atoms with Crippen molar-refractivity contribution in [3.05, 3.63) is 35.9 Å². The maximum atomic E-state index is 11.7. The minimum absolute atomic E-state index is 0.165. The number of nitrogens with one attached hydrogen (secondary N) is 3. The molecule has 0 heterocycles. The molecule has 7 heteroatoms. The fourth-order valence-electron chi connectivity index (χ4n) is 1.73. The van der Waals surface area contributed by atoms with E-state index in [0.29, 0.717) is 0 Å². The molecule has 1 aromatic carbocycles. The molecule has 0 bridgehead atoms. The van der Waals surface area contributed by atoms with Gasteiger partial charge in [-0.05, 0) is 12.5 Å². The van der Waals surface area contributed by atoms with Crippen LogP contribution in [0.25, 0.3) is 0 Å². The summed E-state index contributed by atoms with van der Waals surface area (Å²) in [5.74, 6) is -1.50. The maximum Gasteiger partial charge on any atom is 0.326 e. The lowest BCUT2D eigenvalue weighted by Crippen LogP contribution is -2.52. The van der Waals surface area contributed by atoms with E-state index in [9.17, 15) is 14.4 Å². The Morgan fingerprint density at radius 3 is 2.29 bits per heavy atom. The first-order valence-electron chi connectivity index (χ1n) is 6.49. The van der Waals surface area contributed by atoms with Gasteiger partial charge in [0.1, 0.15) is 12.1 Å². The molecule has 0 fully saturated rings. The van der Waals surface area contributed by atoms with Gasteiger partial charge in [0, 0.05) is 13.5 Å². The molecule has 1 unspecified atom stereocenters. The van der Waals surface area contributed by atoms with Crippen LogP contribution in [0.15, 0.2) is 30.3 Å². The number of likely N-dealkylation sites (N-methyl/N-ethyl adjacent to an activating group) is 1. The van der Waals surface area contributed by atoms with Crippen molar-refractivity contribution >= 4 is 17.9 Å². The molecule has 1 rings (SSSR count). The number of carbonyl (C=O) groups is 3. The van der Waals surface area contributed by atoms with Crippen LogP contribution in [-0.2, 0) is 16.0 Å². The summed E-state index contributed by atoms with van der Waals surface area (Å²) in [6.07, 6.45) is 0.165. The van der Waals surface area contributed by atoms with Crippen LogP contribution < -0.4 is 16.0 Å². The third-order valence-electron chi connectivity index (χ3n) is 2.87. The second-order valence-corrected chi connectivity index (χ2v) is 4.53. The molecule has 0 aliphatic rings. The zero-order valence-corrected chi connectivity index (χ0v) is 11.9. The van der Waals surface area contributed by atoms with Gasteiger partial charge in [-0.2, -0.15) is 0 Å². The quantitative estimate of drug-likeness (QED) is 0.597. The number of amides is 3. The van der Waals surface area contributed by atoms with Crippen LogP contribution in [0.1, 0.15) is 12.5 Å². The van der Waals surface area contributed by atoms with Crippen molar-refractivity contribution < 1.29 is 19.5 Å². The second-order valence-electron chi connectivity index (χ2n) is 4.53. The molecule has 0 spiro atoms. The zero-order valence-electron chi connectivity index (χ0n) is 11.9. The van der Waals surface area contributed by atoms with Gasteiger partial charge in [0.15, 0.2) is 0 Å². The fraction of sp³-hybridized carbons (Fsp3) is 0.357. The van der Waals surface area contributed by atoms with E-state index in [1.165, 1.54) is 14.0 Å². The highest BCUT2D eigenvalue weighted by Gasteiger charge is 2.22. The third-order valence-corrected chi connectivity index (χ3v) is 2.87. The number of carboxylic acid groups (broad SMARTS) is 1. The van der Waals surface area contributed by atoms with Crippen molar-refractivity contribution in [2.45, 2.75) is 25.4 Å². The smallest absolute Gasteiger partial charge is 0.326 e. The van der Waals surface area contributed by atoms with Gasteiger partial charge in [-0.25, -0.2) is 9.59 Å². The minimum Gasteiger partial charge on any atom is -0.480 e. The lowest BCUT2D eigenvalue weighted by Gasteiger charge is -2.17. The SMILES string of the molecule is CNC(=O)C(C)NC(=O)N[C@H](Cc1ccccc1)C(=O)O. The van der Waals surface area contributed by atoms with Crippen LogP contribution in [0.2, 0.25) is 0 Å². The normalized spacial score (nSPS) is 12.9. The summed E-state index contributed by atoms with van der Waals surface area (Å²) in [5.41, 5.74) is 0.796. The summed E-state index contributed by atoms with van der Waals surface area (Å²) in [4.78, 5) is 34.2. The lowest BCUT2D eigenvalue weighted by molar-refractivity contribution is -0.139. The summed E-state index contributed by atoms with van der Waals surface area (Å²) in [6, 6.07) is 6.46. The number of carboxylic acids is 1. The van der Waals surface area contributed by atoms with Crippen LogP contribution in [0.3, 0.4) is 0 Å². The molecule has 0 saturated heterocycles. The van der Waals surface area contributed by atoms with Crippen LogP contribution >= 0.6 is 0 Å². The molecule has 0 radical (unpaired) electrons. The molecule has 114 valence electrons. The molecule has 4 N–H and O–H groups in total. The number of carbonyl (C=O) groups excluding carboxylic acids is 2. The van der Waals surface area contributed by atoms with E-state index in [2.05, 4.69) is 16.0 Å². The Morgan fingerprint density at radius 1 is 1.14 bits per heavy atom. The summed E-state index contributed by atoms with van der Waals surface area (Å²) in [5, 5.41) is 16.3. The first-order chi connectivity index (χ1) is 9.93. The monoisotopic (exact) mass is 293 g/mol. The van der Waals surface area contributed by atoms with E-state index >= 15 is 0 Å². The molecule has 0 aliphatic carbocycles. The topological polar surface area (TPSA) is 108 Å². The van der Waals surface area contributed by atoms with Crippen molar-refractivity contribution in [2.24, 2.45) is 0 Å². The molecule has 3 amide bonds. The number of aliphatic carboxylic acids is 1. The van der Waals surface area contributed by atoms with Gasteiger partial charge in [-0.15, -0.1) is 0 Å². The van der Waals surface area contributed by atoms with E-state index in [-0.39, 0.29) is 12.3 Å². The number of hydrogen-bond donors (Lipinski definition) is 4. The molecule has 0 aromatic heterocycles. The molecule has 0 saturated carbocycles. The van der Waals surface area contributed by atoms with E-state index < -0.39 is 24.1 Å². The Labute approximate surface area is 122 Å². The van der Waals surface area contributed by atoms with Crippen LogP contribution in [0.5, 0.6) is 0 Å². The summed E-state index contributed by atoms with van der Waals surface area (Å²) in [6.45, 7) is 1.51. The minimum atomic E-state index is -1.14. The standard InChI is InChI=1S/C14H19N3O4/c1-9(12(18)15-2)16-14(21)17-11(13(19)20)8-10-6-4-3-5-7-10/h3-7,9,11H,8H2,1-2H3,(H,15,18)(H,19,20)(H2,16,17,21)/t9?,11-/m1/s1. The molecule has 0 aliphatic heterocycles. The number of hydrogen-bond acceptors (Lipinski definition) is 3. The number of urea groups is 1. The first-order valence-corrected chi connectivity index (χ1v) is 6.49. The molecular formula is C14H19N3O4. The third kappa shape index (κ3) is 5.52. The van der Waals surface area contributed by atoms with Crippen molar-refractivity contribution in [1.29, 1.82) is 0 Å². The van der Waals surface area contributed by atoms with Crippen LogP contribution in [0.4, 0.5) is 4.79 Å². The van der Waals surface area contributed by atoms with Gasteiger partial charge in [0.2, 0.25) is 5.91 Å². The molecule has 7 nitrogen and oxygen atoms in total. The number of benzene rings is 1. The van der Waals surface area contributed by atoms with Crippen LogP contribution in [-0.4, -0.2) is 42.1 Å². The first kappa shape index (κ1) is 16.5. The van der Waals surface area contributed by atoms with Gasteiger partial charge in [0.25, 0.3) is 0 Å². The van der Waals surface area contributed by atoms with Crippen molar-refractivity contribution in [1.82, 2.24) is 16.0 Å². The highest BCUT2D eigenvalue weighted by molar-refractivity contribution is 5.88. The maximum absolute atomic E-state index is 11.7.